The first-order valence-electron chi connectivity index (χ1n) is 9.41. The van der Waals surface area contributed by atoms with Crippen LogP contribution in [-0.2, 0) is 15.6 Å². The van der Waals surface area contributed by atoms with Gasteiger partial charge < -0.3 is 5.32 Å². The van der Waals surface area contributed by atoms with Crippen LogP contribution in [0.3, 0.4) is 0 Å². The van der Waals surface area contributed by atoms with Gasteiger partial charge in [0, 0.05) is 31.0 Å². The van der Waals surface area contributed by atoms with E-state index in [0.717, 1.165) is 21.1 Å². The molecule has 162 valence electrons. The molecule has 1 heterocycles. The summed E-state index contributed by atoms with van der Waals surface area (Å²) in [5, 5.41) is 6.19. The van der Waals surface area contributed by atoms with Crippen molar-refractivity contribution in [1.82, 2.24) is 9.97 Å². The number of anilines is 2. The monoisotopic (exact) mass is 547 g/mol. The van der Waals surface area contributed by atoms with Gasteiger partial charge in [-0.2, -0.15) is 0 Å². The van der Waals surface area contributed by atoms with Crippen LogP contribution in [0.15, 0.2) is 76.9 Å². The first-order valence-corrected chi connectivity index (χ1v) is 12.7. The first-order chi connectivity index (χ1) is 15.3. The highest BCUT2D eigenvalue weighted by atomic mass is 79.9. The van der Waals surface area contributed by atoms with Gasteiger partial charge in [0.1, 0.15) is 12.1 Å². The fraction of sp³-hybridized carbons (Fsp3) is 0.0435. The van der Waals surface area contributed by atoms with Crippen LogP contribution in [0.4, 0.5) is 11.5 Å². The third kappa shape index (κ3) is 5.66. The summed E-state index contributed by atoms with van der Waals surface area (Å²) in [4.78, 5) is 8.59. The van der Waals surface area contributed by atoms with Gasteiger partial charge in [0.2, 0.25) is 0 Å². The largest absolute Gasteiger partial charge is 0.340 e. The van der Waals surface area contributed by atoms with Gasteiger partial charge in [-0.3, -0.25) is 0 Å². The Morgan fingerprint density at radius 2 is 1.75 bits per heavy atom. The molecule has 9 heteroatoms. The normalized spacial score (nSPS) is 11.8. The summed E-state index contributed by atoms with van der Waals surface area (Å²) in [5.74, 6) is 0.540. The van der Waals surface area contributed by atoms with E-state index in [1.54, 1.807) is 30.3 Å². The molecule has 3 aromatic carbocycles. The van der Waals surface area contributed by atoms with Crippen LogP contribution < -0.4 is 5.32 Å². The van der Waals surface area contributed by atoms with Crippen molar-refractivity contribution in [1.29, 1.82) is 0 Å². The molecule has 0 unspecified atom stereocenters. The Morgan fingerprint density at radius 1 is 0.969 bits per heavy atom. The van der Waals surface area contributed by atoms with Crippen molar-refractivity contribution in [3.63, 3.8) is 0 Å². The number of nitrogens with one attached hydrogen (secondary N) is 1. The lowest BCUT2D eigenvalue weighted by Crippen LogP contribution is -2.01. The summed E-state index contributed by atoms with van der Waals surface area (Å²) in [6, 6.07) is 17.8. The summed E-state index contributed by atoms with van der Waals surface area (Å²) in [7, 11) is -3.48. The third-order valence-corrected chi connectivity index (χ3v) is 6.94. The van der Waals surface area contributed by atoms with Crippen LogP contribution in [0.5, 0.6) is 0 Å². The molecule has 0 radical (unpaired) electrons. The van der Waals surface area contributed by atoms with Crippen molar-refractivity contribution in [3.05, 3.63) is 98.0 Å². The lowest BCUT2D eigenvalue weighted by molar-refractivity contribution is 0.604. The molecule has 32 heavy (non-hydrogen) atoms. The van der Waals surface area contributed by atoms with E-state index < -0.39 is 9.84 Å². The molecule has 0 aliphatic rings. The molecule has 0 atom stereocenters. The molecule has 0 aliphatic carbocycles. The van der Waals surface area contributed by atoms with E-state index in [0.29, 0.717) is 27.0 Å². The van der Waals surface area contributed by atoms with Gasteiger partial charge in [0.25, 0.3) is 0 Å². The van der Waals surface area contributed by atoms with Crippen molar-refractivity contribution in [3.8, 4) is 0 Å². The molecule has 4 aromatic rings. The molecule has 0 amide bonds. The van der Waals surface area contributed by atoms with Crippen LogP contribution in [0.1, 0.15) is 11.1 Å². The lowest BCUT2D eigenvalue weighted by atomic mass is 10.2. The molecule has 0 aliphatic heterocycles. The highest BCUT2D eigenvalue weighted by Gasteiger charge is 2.10. The SMILES string of the molecule is O=S(=O)(/C=C/c1ccc(Cl)cc1Cl)Cc1ccc(Nc2ncnc3ccc(Br)cc23)cc1. The van der Waals surface area contributed by atoms with E-state index in [1.807, 2.05) is 30.3 Å². The molecule has 1 N–H and O–H groups in total. The Kier molecular flexibility index (Phi) is 6.81. The van der Waals surface area contributed by atoms with Crippen LogP contribution in [0, 0.1) is 0 Å². The predicted molar refractivity (Wildman–Crippen MR) is 135 cm³/mol. The molecular formula is C23H16BrCl2N3O2S. The average molecular weight is 549 g/mol. The minimum Gasteiger partial charge on any atom is -0.340 e. The maximum atomic E-state index is 12.5. The van der Waals surface area contributed by atoms with Crippen molar-refractivity contribution in [2.45, 2.75) is 5.75 Å². The topological polar surface area (TPSA) is 72.0 Å². The van der Waals surface area contributed by atoms with Gasteiger partial charge in [-0.15, -0.1) is 0 Å². The van der Waals surface area contributed by atoms with Gasteiger partial charge in [0.15, 0.2) is 9.84 Å². The number of aromatic nitrogens is 2. The van der Waals surface area contributed by atoms with Crippen molar-refractivity contribution >= 4 is 77.5 Å². The molecule has 0 bridgehead atoms. The highest BCUT2D eigenvalue weighted by molar-refractivity contribution is 9.10. The van der Waals surface area contributed by atoms with Gasteiger partial charge >= 0.3 is 0 Å². The minimum atomic E-state index is -3.48. The Hall–Kier alpha value is -2.45. The summed E-state index contributed by atoms with van der Waals surface area (Å²) >= 11 is 15.4. The van der Waals surface area contributed by atoms with Gasteiger partial charge in [-0.1, -0.05) is 57.3 Å². The van der Waals surface area contributed by atoms with Crippen LogP contribution in [0.2, 0.25) is 10.0 Å². The third-order valence-electron chi connectivity index (χ3n) is 4.60. The molecule has 0 spiro atoms. The van der Waals surface area contributed by atoms with Crippen molar-refractivity contribution < 1.29 is 8.42 Å². The molecule has 0 saturated carbocycles. The predicted octanol–water partition coefficient (Wildman–Crippen LogP) is 7.03. The number of benzene rings is 3. The van der Waals surface area contributed by atoms with Gasteiger partial charge in [-0.25, -0.2) is 18.4 Å². The Labute approximate surface area is 204 Å². The zero-order chi connectivity index (χ0) is 22.7. The Bertz CT molecular complexity index is 1430. The second-order valence-corrected chi connectivity index (χ2v) is 10.6. The second kappa shape index (κ2) is 9.58. The maximum Gasteiger partial charge on any atom is 0.175 e. The second-order valence-electron chi connectivity index (χ2n) is 6.98. The molecule has 5 nitrogen and oxygen atoms in total. The van der Waals surface area contributed by atoms with E-state index in [4.69, 9.17) is 23.2 Å². The lowest BCUT2D eigenvalue weighted by Gasteiger charge is -2.09. The number of nitrogens with zero attached hydrogens (tertiary/aromatic N) is 2. The van der Waals surface area contributed by atoms with E-state index >= 15 is 0 Å². The van der Waals surface area contributed by atoms with Crippen LogP contribution in [0.25, 0.3) is 17.0 Å². The standard InChI is InChI=1S/C23H16BrCl2N3O2S/c24-17-4-8-22-20(11-17)23(28-14-27-22)29-19-6-1-15(2-7-19)13-32(30,31)10-9-16-3-5-18(25)12-21(16)26/h1-12,14H,13H2,(H,27,28,29)/b10-9+. The van der Waals surface area contributed by atoms with E-state index in [9.17, 15) is 8.42 Å². The van der Waals surface area contributed by atoms with E-state index in [1.165, 1.54) is 17.8 Å². The molecule has 1 aromatic heterocycles. The summed E-state index contributed by atoms with van der Waals surface area (Å²) < 4.78 is 26.0. The van der Waals surface area contributed by atoms with Crippen molar-refractivity contribution in [2.24, 2.45) is 0 Å². The smallest absolute Gasteiger partial charge is 0.175 e. The first kappa shape index (κ1) is 22.7. The number of hydrogen-bond acceptors (Lipinski definition) is 5. The summed E-state index contributed by atoms with van der Waals surface area (Å²) in [6.45, 7) is 0. The molecular weight excluding hydrogens is 533 g/mol. The molecule has 4 rings (SSSR count). The summed E-state index contributed by atoms with van der Waals surface area (Å²) in [6.07, 6.45) is 2.97. The van der Waals surface area contributed by atoms with Crippen molar-refractivity contribution in [2.75, 3.05) is 5.32 Å². The number of fused-ring (bicyclic) bond motifs is 1. The van der Waals surface area contributed by atoms with E-state index in [-0.39, 0.29) is 5.75 Å². The molecule has 0 saturated heterocycles. The number of hydrogen-bond donors (Lipinski definition) is 1. The number of rotatable bonds is 6. The highest BCUT2D eigenvalue weighted by Crippen LogP contribution is 2.26. The number of halogens is 3. The Morgan fingerprint density at radius 3 is 2.50 bits per heavy atom. The van der Waals surface area contributed by atoms with Gasteiger partial charge in [0.05, 0.1) is 11.3 Å². The van der Waals surface area contributed by atoms with Gasteiger partial charge in [-0.05, 0) is 59.7 Å². The Balaban J connectivity index is 1.48. The minimum absolute atomic E-state index is 0.127. The number of sulfone groups is 1. The van der Waals surface area contributed by atoms with Crippen LogP contribution >= 0.6 is 39.1 Å². The van der Waals surface area contributed by atoms with Crippen LogP contribution in [-0.4, -0.2) is 18.4 Å². The molecule has 0 fully saturated rings. The average Bonchev–Trinajstić information content (AvgIpc) is 2.75. The zero-order valence-electron chi connectivity index (χ0n) is 16.5. The quantitative estimate of drug-likeness (QED) is 0.280. The maximum absolute atomic E-state index is 12.5. The fourth-order valence-electron chi connectivity index (χ4n) is 3.04. The fourth-order valence-corrected chi connectivity index (χ4v) is 4.98. The summed E-state index contributed by atoms with van der Waals surface area (Å²) in [5.41, 5.74) is 2.86. The van der Waals surface area contributed by atoms with E-state index in [2.05, 4.69) is 31.2 Å². The zero-order valence-corrected chi connectivity index (χ0v) is 20.4.